The smallest absolute Gasteiger partial charge is 0.257 e. The number of benzene rings is 1. The van der Waals surface area contributed by atoms with Gasteiger partial charge in [0.05, 0.1) is 4.90 Å². The predicted molar refractivity (Wildman–Crippen MR) is 73.8 cm³/mol. The van der Waals surface area contributed by atoms with E-state index in [1.54, 1.807) is 13.1 Å². The van der Waals surface area contributed by atoms with E-state index >= 15 is 0 Å². The lowest BCUT2D eigenvalue weighted by atomic mass is 10.2. The van der Waals surface area contributed by atoms with Crippen LogP contribution >= 0.6 is 0 Å². The molecule has 1 aromatic carbocycles. The molecule has 0 unspecified atom stereocenters. The van der Waals surface area contributed by atoms with Crippen LogP contribution in [0.4, 0.5) is 5.95 Å². The summed E-state index contributed by atoms with van der Waals surface area (Å²) in [6, 6.07) is 5.66. The molecule has 0 aliphatic carbocycles. The van der Waals surface area contributed by atoms with E-state index in [2.05, 4.69) is 20.0 Å². The molecule has 2 aromatic rings. The number of sulfonamides is 1. The van der Waals surface area contributed by atoms with E-state index in [4.69, 9.17) is 0 Å². The number of H-pyrrole nitrogens is 1. The minimum Gasteiger partial charge on any atom is -0.331 e. The first-order chi connectivity index (χ1) is 9.53. The van der Waals surface area contributed by atoms with Gasteiger partial charge >= 0.3 is 0 Å². The maximum atomic E-state index is 11.9. The summed E-state index contributed by atoms with van der Waals surface area (Å²) < 4.78 is 25.9. The standard InChI is InChI=1S/C12H14N4O3S/c1-2-15-20(18,19)10-5-3-9(4-6-10)11(17)16-12-13-7-8-14-12/h3-8,15H,2H2,1H3,(H2,13,14,16,17). The van der Waals surface area contributed by atoms with Crippen LogP contribution in [0.2, 0.25) is 0 Å². The molecule has 0 saturated heterocycles. The van der Waals surface area contributed by atoms with Crippen LogP contribution in [0, 0.1) is 0 Å². The zero-order valence-electron chi connectivity index (χ0n) is 10.8. The number of nitrogens with one attached hydrogen (secondary N) is 3. The third-order valence-corrected chi connectivity index (χ3v) is 4.05. The highest BCUT2D eigenvalue weighted by atomic mass is 32.2. The van der Waals surface area contributed by atoms with E-state index in [9.17, 15) is 13.2 Å². The molecule has 1 amide bonds. The SMILES string of the molecule is CCNS(=O)(=O)c1ccc(C(=O)Nc2ncc[nH]2)cc1. The topological polar surface area (TPSA) is 104 Å². The Hall–Kier alpha value is -2.19. The molecular weight excluding hydrogens is 280 g/mol. The van der Waals surface area contributed by atoms with Crippen molar-refractivity contribution in [3.63, 3.8) is 0 Å². The number of aromatic amines is 1. The number of amides is 1. The molecule has 3 N–H and O–H groups in total. The summed E-state index contributed by atoms with van der Waals surface area (Å²) in [6.07, 6.45) is 3.10. The van der Waals surface area contributed by atoms with Crippen molar-refractivity contribution in [1.29, 1.82) is 0 Å². The van der Waals surface area contributed by atoms with Crippen LogP contribution in [0.3, 0.4) is 0 Å². The zero-order valence-corrected chi connectivity index (χ0v) is 11.6. The molecule has 2 rings (SSSR count). The van der Waals surface area contributed by atoms with E-state index in [0.717, 1.165) is 0 Å². The average molecular weight is 294 g/mol. The highest BCUT2D eigenvalue weighted by Crippen LogP contribution is 2.11. The van der Waals surface area contributed by atoms with Gasteiger partial charge in [-0.15, -0.1) is 0 Å². The Morgan fingerprint density at radius 3 is 2.55 bits per heavy atom. The predicted octanol–water partition coefficient (Wildman–Crippen LogP) is 0.960. The minimum atomic E-state index is -3.50. The van der Waals surface area contributed by atoms with Crippen molar-refractivity contribution >= 4 is 21.9 Å². The van der Waals surface area contributed by atoms with Crippen LogP contribution in [0.1, 0.15) is 17.3 Å². The van der Waals surface area contributed by atoms with Crippen molar-refractivity contribution in [3.8, 4) is 0 Å². The van der Waals surface area contributed by atoms with Crippen molar-refractivity contribution in [2.75, 3.05) is 11.9 Å². The zero-order chi connectivity index (χ0) is 14.6. The summed E-state index contributed by atoms with van der Waals surface area (Å²) in [7, 11) is -3.50. The van der Waals surface area contributed by atoms with Crippen molar-refractivity contribution in [2.24, 2.45) is 0 Å². The third kappa shape index (κ3) is 3.22. The van der Waals surface area contributed by atoms with Crippen LogP contribution in [-0.4, -0.2) is 30.8 Å². The lowest BCUT2D eigenvalue weighted by molar-refractivity contribution is 0.102. The summed E-state index contributed by atoms with van der Waals surface area (Å²) in [6.45, 7) is 2.01. The van der Waals surface area contributed by atoms with Crippen molar-refractivity contribution in [3.05, 3.63) is 42.2 Å². The summed E-state index contributed by atoms with van der Waals surface area (Å²) in [5.41, 5.74) is 0.344. The van der Waals surface area contributed by atoms with Crippen molar-refractivity contribution in [2.45, 2.75) is 11.8 Å². The first kappa shape index (κ1) is 14.2. The van der Waals surface area contributed by atoms with E-state index < -0.39 is 10.0 Å². The molecule has 0 atom stereocenters. The molecule has 1 heterocycles. The van der Waals surface area contributed by atoms with E-state index in [0.29, 0.717) is 18.1 Å². The van der Waals surface area contributed by atoms with Gasteiger partial charge in [-0.3, -0.25) is 10.1 Å². The minimum absolute atomic E-state index is 0.119. The number of rotatable bonds is 5. The number of aromatic nitrogens is 2. The lowest BCUT2D eigenvalue weighted by Crippen LogP contribution is -2.23. The number of nitrogens with zero attached hydrogens (tertiary/aromatic N) is 1. The van der Waals surface area contributed by atoms with Gasteiger partial charge in [0.2, 0.25) is 16.0 Å². The van der Waals surface area contributed by atoms with Crippen LogP contribution in [-0.2, 0) is 10.0 Å². The Bertz CT molecular complexity index is 678. The van der Waals surface area contributed by atoms with Gasteiger partial charge in [0.15, 0.2) is 0 Å². The highest BCUT2D eigenvalue weighted by molar-refractivity contribution is 7.89. The van der Waals surface area contributed by atoms with E-state index in [1.165, 1.54) is 30.5 Å². The van der Waals surface area contributed by atoms with Crippen LogP contribution in [0.5, 0.6) is 0 Å². The molecular formula is C12H14N4O3S. The molecule has 0 radical (unpaired) electrons. The van der Waals surface area contributed by atoms with Crippen molar-refractivity contribution in [1.82, 2.24) is 14.7 Å². The number of carbonyl (C=O) groups is 1. The maximum Gasteiger partial charge on any atom is 0.257 e. The van der Waals surface area contributed by atoms with Crippen LogP contribution in [0.15, 0.2) is 41.6 Å². The van der Waals surface area contributed by atoms with Gasteiger partial charge in [0.1, 0.15) is 0 Å². The highest BCUT2D eigenvalue weighted by Gasteiger charge is 2.14. The molecule has 0 bridgehead atoms. The quantitative estimate of drug-likeness (QED) is 0.764. The van der Waals surface area contributed by atoms with Gasteiger partial charge in [-0.05, 0) is 24.3 Å². The molecule has 0 saturated carbocycles. The number of anilines is 1. The third-order valence-electron chi connectivity index (χ3n) is 2.49. The molecule has 7 nitrogen and oxygen atoms in total. The van der Waals surface area contributed by atoms with Crippen molar-refractivity contribution < 1.29 is 13.2 Å². The Labute approximate surface area is 116 Å². The second-order valence-electron chi connectivity index (χ2n) is 3.92. The fourth-order valence-corrected chi connectivity index (χ4v) is 2.61. The monoisotopic (exact) mass is 294 g/mol. The Morgan fingerprint density at radius 1 is 1.30 bits per heavy atom. The molecule has 0 aliphatic heterocycles. The van der Waals surface area contributed by atoms with Gasteiger partial charge in [0, 0.05) is 24.5 Å². The van der Waals surface area contributed by atoms with E-state index in [1.807, 2.05) is 0 Å². The molecule has 0 spiro atoms. The Balaban J connectivity index is 2.14. The van der Waals surface area contributed by atoms with Gasteiger partial charge in [-0.1, -0.05) is 6.92 Å². The first-order valence-corrected chi connectivity index (χ1v) is 7.41. The number of carbonyl (C=O) groups excluding carboxylic acids is 1. The largest absolute Gasteiger partial charge is 0.331 e. The maximum absolute atomic E-state index is 11.9. The fourth-order valence-electron chi connectivity index (χ4n) is 1.57. The Kier molecular flexibility index (Phi) is 4.16. The van der Waals surface area contributed by atoms with E-state index in [-0.39, 0.29) is 10.8 Å². The van der Waals surface area contributed by atoms with Crippen LogP contribution in [0.25, 0.3) is 0 Å². The fraction of sp³-hybridized carbons (Fsp3) is 0.167. The molecule has 0 fully saturated rings. The normalized spacial score (nSPS) is 11.2. The molecule has 106 valence electrons. The molecule has 1 aromatic heterocycles. The van der Waals surface area contributed by atoms with Gasteiger partial charge in [-0.2, -0.15) is 0 Å². The number of imidazole rings is 1. The molecule has 20 heavy (non-hydrogen) atoms. The van der Waals surface area contributed by atoms with Gasteiger partial charge in [0.25, 0.3) is 5.91 Å². The summed E-state index contributed by atoms with van der Waals surface area (Å²) in [5.74, 6) is -0.0355. The molecule has 0 aliphatic rings. The van der Waals surface area contributed by atoms with Gasteiger partial charge < -0.3 is 4.98 Å². The summed E-state index contributed by atoms with van der Waals surface area (Å²) in [4.78, 5) is 18.6. The Morgan fingerprint density at radius 2 is 2.00 bits per heavy atom. The first-order valence-electron chi connectivity index (χ1n) is 5.93. The second kappa shape index (κ2) is 5.85. The number of hydrogen-bond acceptors (Lipinski definition) is 4. The second-order valence-corrected chi connectivity index (χ2v) is 5.68. The summed E-state index contributed by atoms with van der Waals surface area (Å²) >= 11 is 0. The molecule has 8 heteroatoms. The average Bonchev–Trinajstić information content (AvgIpc) is 2.91. The number of hydrogen-bond donors (Lipinski definition) is 3. The van der Waals surface area contributed by atoms with Gasteiger partial charge in [-0.25, -0.2) is 18.1 Å². The van der Waals surface area contributed by atoms with Crippen LogP contribution < -0.4 is 10.0 Å². The lowest BCUT2D eigenvalue weighted by Gasteiger charge is -2.06. The summed E-state index contributed by atoms with van der Waals surface area (Å²) in [5, 5.41) is 2.55.